The Morgan fingerprint density at radius 1 is 0.878 bits per heavy atom. The number of piperazine rings is 1. The molecule has 0 unspecified atom stereocenters. The molecule has 1 saturated heterocycles. The highest BCUT2D eigenvalue weighted by molar-refractivity contribution is 5.96. The Balaban J connectivity index is 1.31. The molecule has 4 rings (SSSR count). The van der Waals surface area contributed by atoms with Gasteiger partial charge in [0.1, 0.15) is 5.82 Å². The molecule has 0 bridgehead atoms. The van der Waals surface area contributed by atoms with Crippen molar-refractivity contribution in [1.82, 2.24) is 9.80 Å². The molecule has 13 heteroatoms. The molecule has 0 spiro atoms. The Kier molecular flexibility index (Phi) is 8.98. The number of halogens is 7. The van der Waals surface area contributed by atoms with Gasteiger partial charge in [0.25, 0.3) is 11.5 Å². The van der Waals surface area contributed by atoms with E-state index in [1.807, 2.05) is 4.90 Å². The molecular weight excluding hydrogens is 559 g/mol. The topological polar surface area (TPSA) is 72.9 Å². The molecule has 1 heterocycles. The van der Waals surface area contributed by atoms with Crippen LogP contribution in [0.4, 0.5) is 36.4 Å². The normalized spacial score (nSPS) is 17.6. The minimum Gasteiger partial charge on any atom is -0.369 e. The second kappa shape index (κ2) is 12.0. The Labute approximate surface area is 232 Å². The van der Waals surface area contributed by atoms with Gasteiger partial charge < -0.3 is 15.3 Å². The summed E-state index contributed by atoms with van der Waals surface area (Å²) in [5.74, 6) is -1.09. The highest BCUT2D eigenvalue weighted by Gasteiger charge is 2.71. The van der Waals surface area contributed by atoms with Crippen molar-refractivity contribution in [2.75, 3.05) is 31.5 Å². The summed E-state index contributed by atoms with van der Waals surface area (Å²) in [6, 6.07) is 7.25. The maximum absolute atomic E-state index is 14.7. The number of aliphatic hydroxyl groups is 1. The second-order valence-corrected chi connectivity index (χ2v) is 10.6. The molecule has 2 N–H and O–H groups in total. The molecule has 2 aromatic rings. The summed E-state index contributed by atoms with van der Waals surface area (Å²) in [6.45, 7) is 1.45. The minimum atomic E-state index is -5.96. The van der Waals surface area contributed by atoms with Gasteiger partial charge in [-0.05, 0) is 42.5 Å². The van der Waals surface area contributed by atoms with Crippen LogP contribution >= 0.6 is 0 Å². The number of alkyl halides is 6. The predicted molar refractivity (Wildman–Crippen MR) is 135 cm³/mol. The lowest BCUT2D eigenvalue weighted by atomic mass is 9.91. The van der Waals surface area contributed by atoms with Gasteiger partial charge in [-0.15, -0.1) is 0 Å². The van der Waals surface area contributed by atoms with E-state index in [4.69, 9.17) is 0 Å². The average molecular weight is 590 g/mol. The maximum Gasteiger partial charge on any atom is 0.430 e. The summed E-state index contributed by atoms with van der Waals surface area (Å²) in [5, 5.41) is 12.1. The van der Waals surface area contributed by atoms with Crippen LogP contribution in [0.5, 0.6) is 0 Å². The van der Waals surface area contributed by atoms with Gasteiger partial charge >= 0.3 is 12.4 Å². The molecule has 0 atom stereocenters. The summed E-state index contributed by atoms with van der Waals surface area (Å²) in [7, 11) is 0. The Bertz CT molecular complexity index is 1220. The molecule has 1 aliphatic heterocycles. The van der Waals surface area contributed by atoms with E-state index < -0.39 is 35.2 Å². The maximum atomic E-state index is 14.7. The summed E-state index contributed by atoms with van der Waals surface area (Å²) in [6.07, 6.45) is -7.44. The van der Waals surface area contributed by atoms with E-state index in [1.54, 1.807) is 0 Å². The van der Waals surface area contributed by atoms with Crippen LogP contribution in [0.2, 0.25) is 0 Å². The van der Waals surface area contributed by atoms with Crippen LogP contribution in [0.3, 0.4) is 0 Å². The van der Waals surface area contributed by atoms with Crippen molar-refractivity contribution < 1.29 is 45.4 Å². The number of hydrogen-bond acceptors (Lipinski definition) is 4. The van der Waals surface area contributed by atoms with Crippen LogP contribution in [0.1, 0.15) is 53.6 Å². The number of amides is 2. The van der Waals surface area contributed by atoms with E-state index in [0.717, 1.165) is 43.9 Å². The first-order valence-corrected chi connectivity index (χ1v) is 13.3. The quantitative estimate of drug-likeness (QED) is 0.412. The van der Waals surface area contributed by atoms with Crippen molar-refractivity contribution in [3.8, 4) is 0 Å². The first-order valence-electron chi connectivity index (χ1n) is 13.3. The van der Waals surface area contributed by atoms with Gasteiger partial charge in [-0.1, -0.05) is 37.1 Å². The molecule has 0 aromatic heterocycles. The van der Waals surface area contributed by atoms with Gasteiger partial charge in [0.15, 0.2) is 0 Å². The molecule has 1 saturated carbocycles. The number of nitrogens with one attached hydrogen (secondary N) is 1. The zero-order chi connectivity index (χ0) is 30.0. The molecule has 2 aliphatic rings. The second-order valence-electron chi connectivity index (χ2n) is 10.6. The van der Waals surface area contributed by atoms with Crippen LogP contribution in [0.25, 0.3) is 0 Å². The molecule has 2 amide bonds. The highest BCUT2D eigenvalue weighted by atomic mass is 19.4. The third kappa shape index (κ3) is 6.83. The third-order valence-electron chi connectivity index (χ3n) is 7.70. The standard InChI is InChI=1S/C28H30F7N3O3/c29-22-16-20(7-10-23(22)36-24(39)15-18-3-1-2-4-18)25(40)38-13-11-37(12-14-38)17-19-5-8-21(9-6-19)26(41,27(30,31)32)28(33,34)35/h5-10,16,18,41H,1-4,11-15,17H2,(H,36,39). The van der Waals surface area contributed by atoms with Crippen LogP contribution in [0, 0.1) is 11.7 Å². The zero-order valence-electron chi connectivity index (χ0n) is 22.0. The van der Waals surface area contributed by atoms with E-state index in [2.05, 4.69) is 5.32 Å². The third-order valence-corrected chi connectivity index (χ3v) is 7.70. The summed E-state index contributed by atoms with van der Waals surface area (Å²) >= 11 is 0. The summed E-state index contributed by atoms with van der Waals surface area (Å²) in [4.78, 5) is 28.5. The fourth-order valence-corrected chi connectivity index (χ4v) is 5.32. The summed E-state index contributed by atoms with van der Waals surface area (Å²) in [5.41, 5.74) is -5.77. The van der Waals surface area contributed by atoms with Gasteiger partial charge in [-0.25, -0.2) is 4.39 Å². The number of anilines is 1. The Morgan fingerprint density at radius 3 is 2.00 bits per heavy atom. The molecule has 224 valence electrons. The van der Waals surface area contributed by atoms with Crippen molar-refractivity contribution in [2.45, 2.75) is 56.6 Å². The lowest BCUT2D eigenvalue weighted by Gasteiger charge is -2.35. The highest BCUT2D eigenvalue weighted by Crippen LogP contribution is 2.50. The van der Waals surface area contributed by atoms with E-state index in [1.165, 1.54) is 17.0 Å². The SMILES string of the molecule is O=C(CC1CCCC1)Nc1ccc(C(=O)N2CCN(Cc3ccc(C(O)(C(F)(F)F)C(F)(F)F)cc3)CC2)cc1F. The monoisotopic (exact) mass is 589 g/mol. The molecule has 6 nitrogen and oxygen atoms in total. The molecule has 0 radical (unpaired) electrons. The minimum absolute atomic E-state index is 0.00397. The van der Waals surface area contributed by atoms with E-state index >= 15 is 0 Å². The predicted octanol–water partition coefficient (Wildman–Crippen LogP) is 5.61. The van der Waals surface area contributed by atoms with Gasteiger partial charge in [-0.2, -0.15) is 26.3 Å². The van der Waals surface area contributed by atoms with Crippen molar-refractivity contribution in [2.24, 2.45) is 5.92 Å². The van der Waals surface area contributed by atoms with Crippen LogP contribution in [-0.4, -0.2) is 65.3 Å². The number of benzene rings is 2. The van der Waals surface area contributed by atoms with Crippen molar-refractivity contribution in [3.63, 3.8) is 0 Å². The smallest absolute Gasteiger partial charge is 0.369 e. The number of hydrogen-bond donors (Lipinski definition) is 2. The van der Waals surface area contributed by atoms with Crippen LogP contribution < -0.4 is 5.32 Å². The Hall–Kier alpha value is -3.19. The molecular formula is C28H30F7N3O3. The zero-order valence-corrected chi connectivity index (χ0v) is 22.0. The van der Waals surface area contributed by atoms with Gasteiger partial charge in [0.2, 0.25) is 5.91 Å². The molecule has 2 aromatic carbocycles. The number of rotatable bonds is 7. The van der Waals surface area contributed by atoms with E-state index in [9.17, 15) is 45.4 Å². The van der Waals surface area contributed by atoms with Gasteiger partial charge in [-0.3, -0.25) is 14.5 Å². The van der Waals surface area contributed by atoms with Gasteiger partial charge in [0, 0.05) is 50.3 Å². The van der Waals surface area contributed by atoms with E-state index in [-0.39, 0.29) is 36.8 Å². The lowest BCUT2D eigenvalue weighted by Crippen LogP contribution is -2.53. The van der Waals surface area contributed by atoms with Gasteiger partial charge in [0.05, 0.1) is 5.69 Å². The van der Waals surface area contributed by atoms with E-state index in [0.29, 0.717) is 43.1 Å². The Morgan fingerprint density at radius 2 is 1.46 bits per heavy atom. The largest absolute Gasteiger partial charge is 0.430 e. The first kappa shape index (κ1) is 30.8. The summed E-state index contributed by atoms with van der Waals surface area (Å²) < 4.78 is 93.2. The number of carbonyl (C=O) groups excluding carboxylic acids is 2. The molecule has 2 fully saturated rings. The van der Waals surface area contributed by atoms with Crippen molar-refractivity contribution >= 4 is 17.5 Å². The number of carbonyl (C=O) groups is 2. The average Bonchev–Trinajstić information content (AvgIpc) is 3.41. The van der Waals surface area contributed by atoms with Crippen LogP contribution in [-0.2, 0) is 16.9 Å². The van der Waals surface area contributed by atoms with Crippen LogP contribution in [0.15, 0.2) is 42.5 Å². The molecule has 41 heavy (non-hydrogen) atoms. The van der Waals surface area contributed by atoms with Crippen molar-refractivity contribution in [1.29, 1.82) is 0 Å². The lowest BCUT2D eigenvalue weighted by molar-refractivity contribution is -0.376. The first-order chi connectivity index (χ1) is 19.2. The molecule has 1 aliphatic carbocycles. The van der Waals surface area contributed by atoms with Crippen molar-refractivity contribution in [3.05, 3.63) is 65.0 Å². The fourth-order valence-electron chi connectivity index (χ4n) is 5.32. The number of nitrogens with zero attached hydrogens (tertiary/aromatic N) is 2. The fraction of sp³-hybridized carbons (Fsp3) is 0.500.